The second-order valence-corrected chi connectivity index (χ2v) is 4.47. The van der Waals surface area contributed by atoms with E-state index in [-0.39, 0.29) is 6.10 Å². The summed E-state index contributed by atoms with van der Waals surface area (Å²) in [5, 5.41) is 13.2. The van der Waals surface area contributed by atoms with Crippen molar-refractivity contribution in [3.63, 3.8) is 0 Å². The molecular formula is C12H25NO. The van der Waals surface area contributed by atoms with Gasteiger partial charge in [-0.25, -0.2) is 0 Å². The largest absolute Gasteiger partial charge is 0.392 e. The van der Waals surface area contributed by atoms with Crippen molar-refractivity contribution in [3.05, 3.63) is 0 Å². The highest BCUT2D eigenvalue weighted by Crippen LogP contribution is 2.15. The lowest BCUT2D eigenvalue weighted by Gasteiger charge is -2.17. The molecule has 2 heteroatoms. The van der Waals surface area contributed by atoms with Crippen molar-refractivity contribution in [2.24, 2.45) is 0 Å². The van der Waals surface area contributed by atoms with E-state index in [1.165, 1.54) is 38.5 Å². The van der Waals surface area contributed by atoms with Crippen LogP contribution in [0.1, 0.15) is 58.3 Å². The van der Waals surface area contributed by atoms with Crippen LogP contribution in [0.5, 0.6) is 0 Å². The molecule has 0 radical (unpaired) electrons. The van der Waals surface area contributed by atoms with E-state index < -0.39 is 0 Å². The highest BCUT2D eigenvalue weighted by molar-refractivity contribution is 4.80. The Balaban J connectivity index is 1.94. The average Bonchev–Trinajstić information content (AvgIpc) is 2.70. The Kier molecular flexibility index (Phi) is 6.20. The Hall–Kier alpha value is -0.0800. The van der Waals surface area contributed by atoms with Crippen molar-refractivity contribution in [1.29, 1.82) is 0 Å². The summed E-state index contributed by atoms with van der Waals surface area (Å²) in [6.07, 6.45) is 9.75. The van der Waals surface area contributed by atoms with Crippen LogP contribution in [-0.2, 0) is 0 Å². The van der Waals surface area contributed by atoms with Crippen LogP contribution in [0.3, 0.4) is 0 Å². The van der Waals surface area contributed by atoms with Crippen molar-refractivity contribution in [2.75, 3.05) is 6.54 Å². The first-order valence-corrected chi connectivity index (χ1v) is 6.26. The minimum Gasteiger partial charge on any atom is -0.392 e. The summed E-state index contributed by atoms with van der Waals surface area (Å²) >= 11 is 0. The molecule has 0 saturated carbocycles. The van der Waals surface area contributed by atoms with E-state index in [2.05, 4.69) is 12.2 Å². The van der Waals surface area contributed by atoms with E-state index in [4.69, 9.17) is 0 Å². The van der Waals surface area contributed by atoms with E-state index in [1.807, 2.05) is 0 Å². The molecule has 2 unspecified atom stereocenters. The van der Waals surface area contributed by atoms with Gasteiger partial charge in [0, 0.05) is 6.04 Å². The van der Waals surface area contributed by atoms with Gasteiger partial charge in [-0.15, -0.1) is 0 Å². The summed E-state index contributed by atoms with van der Waals surface area (Å²) in [7, 11) is 0. The summed E-state index contributed by atoms with van der Waals surface area (Å²) < 4.78 is 0. The van der Waals surface area contributed by atoms with Crippen LogP contribution in [0.4, 0.5) is 0 Å². The molecule has 1 saturated heterocycles. The molecule has 1 aliphatic heterocycles. The molecule has 0 aromatic heterocycles. The Labute approximate surface area is 88.1 Å². The Bertz CT molecular complexity index is 132. The summed E-state index contributed by atoms with van der Waals surface area (Å²) in [5.41, 5.74) is 0. The normalized spacial score (nSPS) is 24.0. The number of rotatable bonds is 7. The predicted octanol–water partition coefficient (Wildman–Crippen LogP) is 2.46. The first kappa shape index (κ1) is 12.0. The molecule has 1 fully saturated rings. The highest BCUT2D eigenvalue weighted by atomic mass is 16.3. The maximum atomic E-state index is 9.84. The first-order chi connectivity index (χ1) is 6.84. The summed E-state index contributed by atoms with van der Waals surface area (Å²) in [5.74, 6) is 0. The summed E-state index contributed by atoms with van der Waals surface area (Å²) in [4.78, 5) is 0. The third kappa shape index (κ3) is 4.43. The van der Waals surface area contributed by atoms with Gasteiger partial charge in [-0.1, -0.05) is 39.0 Å². The predicted molar refractivity (Wildman–Crippen MR) is 60.4 cm³/mol. The molecule has 14 heavy (non-hydrogen) atoms. The first-order valence-electron chi connectivity index (χ1n) is 6.26. The minimum absolute atomic E-state index is 0.0980. The maximum absolute atomic E-state index is 9.84. The molecule has 2 nitrogen and oxygen atoms in total. The average molecular weight is 199 g/mol. The van der Waals surface area contributed by atoms with Crippen molar-refractivity contribution < 1.29 is 5.11 Å². The van der Waals surface area contributed by atoms with E-state index in [0.29, 0.717) is 6.04 Å². The van der Waals surface area contributed by atoms with Crippen molar-refractivity contribution in [1.82, 2.24) is 5.32 Å². The SMILES string of the molecule is CCCCCCCC(O)C1CCCN1. The Morgan fingerprint density at radius 1 is 1.29 bits per heavy atom. The van der Waals surface area contributed by atoms with Crippen LogP contribution in [0.15, 0.2) is 0 Å². The number of aliphatic hydroxyl groups is 1. The lowest BCUT2D eigenvalue weighted by Crippen LogP contribution is -2.34. The van der Waals surface area contributed by atoms with Crippen LogP contribution in [0.2, 0.25) is 0 Å². The molecule has 0 aliphatic carbocycles. The fourth-order valence-electron chi connectivity index (χ4n) is 2.20. The molecule has 84 valence electrons. The summed E-state index contributed by atoms with van der Waals surface area (Å²) in [6, 6.07) is 0.390. The number of hydrogen-bond donors (Lipinski definition) is 2. The topological polar surface area (TPSA) is 32.3 Å². The van der Waals surface area contributed by atoms with E-state index in [9.17, 15) is 5.11 Å². The molecule has 0 spiro atoms. The van der Waals surface area contributed by atoms with Gasteiger partial charge in [-0.05, 0) is 25.8 Å². The van der Waals surface area contributed by atoms with Gasteiger partial charge >= 0.3 is 0 Å². The number of aliphatic hydroxyl groups excluding tert-OH is 1. The van der Waals surface area contributed by atoms with Crippen molar-refractivity contribution >= 4 is 0 Å². The lowest BCUT2D eigenvalue weighted by molar-refractivity contribution is 0.123. The number of nitrogens with one attached hydrogen (secondary N) is 1. The lowest BCUT2D eigenvalue weighted by atomic mass is 10.0. The van der Waals surface area contributed by atoms with Gasteiger partial charge in [0.2, 0.25) is 0 Å². The van der Waals surface area contributed by atoms with Gasteiger partial charge in [-0.3, -0.25) is 0 Å². The van der Waals surface area contributed by atoms with Crippen LogP contribution >= 0.6 is 0 Å². The zero-order valence-corrected chi connectivity index (χ0v) is 9.47. The molecule has 1 heterocycles. The minimum atomic E-state index is -0.0980. The summed E-state index contributed by atoms with van der Waals surface area (Å²) in [6.45, 7) is 3.33. The molecule has 0 aromatic rings. The molecule has 1 rings (SSSR count). The molecule has 2 atom stereocenters. The molecule has 0 amide bonds. The molecule has 1 aliphatic rings. The number of unbranched alkanes of at least 4 members (excludes halogenated alkanes) is 4. The van der Waals surface area contributed by atoms with Gasteiger partial charge < -0.3 is 10.4 Å². The van der Waals surface area contributed by atoms with Crippen LogP contribution in [0.25, 0.3) is 0 Å². The molecule has 2 N–H and O–H groups in total. The third-order valence-electron chi connectivity index (χ3n) is 3.17. The van der Waals surface area contributed by atoms with E-state index >= 15 is 0 Å². The quantitative estimate of drug-likeness (QED) is 0.617. The monoisotopic (exact) mass is 199 g/mol. The van der Waals surface area contributed by atoms with Gasteiger partial charge in [0.15, 0.2) is 0 Å². The standard InChI is InChI=1S/C12H25NO/c1-2-3-4-5-6-9-12(14)11-8-7-10-13-11/h11-14H,2-10H2,1H3. The second-order valence-electron chi connectivity index (χ2n) is 4.47. The van der Waals surface area contributed by atoms with Crippen LogP contribution in [0, 0.1) is 0 Å². The zero-order chi connectivity index (χ0) is 10.2. The van der Waals surface area contributed by atoms with E-state index in [1.54, 1.807) is 0 Å². The molecular weight excluding hydrogens is 174 g/mol. The smallest absolute Gasteiger partial charge is 0.0693 e. The van der Waals surface area contributed by atoms with Crippen LogP contribution in [-0.4, -0.2) is 23.8 Å². The third-order valence-corrected chi connectivity index (χ3v) is 3.17. The fraction of sp³-hybridized carbons (Fsp3) is 1.00. The Morgan fingerprint density at radius 2 is 2.07 bits per heavy atom. The highest BCUT2D eigenvalue weighted by Gasteiger charge is 2.21. The van der Waals surface area contributed by atoms with E-state index in [0.717, 1.165) is 19.4 Å². The Morgan fingerprint density at radius 3 is 2.71 bits per heavy atom. The maximum Gasteiger partial charge on any atom is 0.0693 e. The van der Waals surface area contributed by atoms with Crippen LogP contribution < -0.4 is 5.32 Å². The molecule has 0 bridgehead atoms. The van der Waals surface area contributed by atoms with Gasteiger partial charge in [0.25, 0.3) is 0 Å². The van der Waals surface area contributed by atoms with Gasteiger partial charge in [0.05, 0.1) is 6.10 Å². The second kappa shape index (κ2) is 7.24. The van der Waals surface area contributed by atoms with Crippen molar-refractivity contribution in [3.8, 4) is 0 Å². The van der Waals surface area contributed by atoms with Gasteiger partial charge in [-0.2, -0.15) is 0 Å². The zero-order valence-electron chi connectivity index (χ0n) is 9.47. The fourth-order valence-corrected chi connectivity index (χ4v) is 2.20. The van der Waals surface area contributed by atoms with Gasteiger partial charge in [0.1, 0.15) is 0 Å². The number of hydrogen-bond acceptors (Lipinski definition) is 2. The van der Waals surface area contributed by atoms with Crippen molar-refractivity contribution in [2.45, 2.75) is 70.4 Å². The molecule has 0 aromatic carbocycles.